The predicted octanol–water partition coefficient (Wildman–Crippen LogP) is 1.71. The van der Waals surface area contributed by atoms with Crippen LogP contribution in [0.1, 0.15) is 24.8 Å². The number of carbonyl (C=O) groups is 2. The molecule has 1 aromatic carbocycles. The molecule has 0 bridgehead atoms. The van der Waals surface area contributed by atoms with E-state index in [4.69, 9.17) is 23.8 Å². The van der Waals surface area contributed by atoms with Crippen LogP contribution < -0.4 is 4.74 Å². The van der Waals surface area contributed by atoms with Crippen molar-refractivity contribution in [3.8, 4) is 5.75 Å². The lowest BCUT2D eigenvalue weighted by Crippen LogP contribution is -2.35. The number of hydrogen-bond donors (Lipinski definition) is 0. The first-order valence-electron chi connectivity index (χ1n) is 7.45. The van der Waals surface area contributed by atoms with Gasteiger partial charge in [0.05, 0.1) is 33.2 Å². The van der Waals surface area contributed by atoms with E-state index in [0.29, 0.717) is 11.3 Å². The van der Waals surface area contributed by atoms with E-state index in [1.807, 2.05) is 0 Å². The zero-order valence-electron chi connectivity index (χ0n) is 14.1. The molecule has 0 N–H and O–H groups in total. The molecule has 3 atom stereocenters. The van der Waals surface area contributed by atoms with Crippen LogP contribution in [0, 0.1) is 17.7 Å². The maximum Gasteiger partial charge on any atom is 0.373 e. The number of esters is 2. The van der Waals surface area contributed by atoms with Crippen LogP contribution in [-0.4, -0.2) is 38.9 Å². The number of carbonyl (C=O) groups excluding carboxylic acids is 4. The van der Waals surface area contributed by atoms with Crippen molar-refractivity contribution in [2.75, 3.05) is 20.8 Å². The molecule has 1 aliphatic rings. The fourth-order valence-corrected chi connectivity index (χ4v) is 2.96. The van der Waals surface area contributed by atoms with Gasteiger partial charge >= 0.3 is 18.1 Å². The van der Waals surface area contributed by atoms with E-state index in [2.05, 4.69) is 0 Å². The third-order valence-corrected chi connectivity index (χ3v) is 4.06. The van der Waals surface area contributed by atoms with Crippen molar-refractivity contribution in [3.63, 3.8) is 0 Å². The number of benzene rings is 1. The molecule has 136 valence electrons. The molecule has 7 nitrogen and oxygen atoms in total. The van der Waals surface area contributed by atoms with E-state index in [1.54, 1.807) is 13.0 Å². The summed E-state index contributed by atoms with van der Waals surface area (Å²) < 4.78 is 28.4. The van der Waals surface area contributed by atoms with Crippen LogP contribution >= 0.6 is 0 Å². The third-order valence-electron chi connectivity index (χ3n) is 4.06. The molecule has 0 amide bonds. The molecule has 0 spiro atoms. The summed E-state index contributed by atoms with van der Waals surface area (Å²) in [7, 11) is 2.63. The largest absolute Gasteiger partial charge is 0.493 e. The van der Waals surface area contributed by atoms with Gasteiger partial charge in [0, 0.05) is 17.9 Å². The van der Waals surface area contributed by atoms with Gasteiger partial charge in [0.15, 0.2) is 0 Å². The lowest BCUT2D eigenvalue weighted by Gasteiger charge is -2.35. The van der Waals surface area contributed by atoms with Crippen LogP contribution in [0.2, 0.25) is 0 Å². The van der Waals surface area contributed by atoms with Gasteiger partial charge in [-0.3, -0.25) is 9.59 Å². The number of ether oxygens (including phenoxy) is 3. The predicted molar refractivity (Wildman–Crippen MR) is 80.9 cm³/mol. The molecule has 0 saturated heterocycles. The smallest absolute Gasteiger partial charge is 0.373 e. The van der Waals surface area contributed by atoms with Crippen molar-refractivity contribution in [2.24, 2.45) is 11.8 Å². The maximum absolute atomic E-state index is 13.4. The van der Waals surface area contributed by atoms with Gasteiger partial charge in [0.1, 0.15) is 11.6 Å². The van der Waals surface area contributed by atoms with Crippen molar-refractivity contribution >= 4 is 18.1 Å². The summed E-state index contributed by atoms with van der Waals surface area (Å²) in [6.07, 6.45) is 0.374. The summed E-state index contributed by atoms with van der Waals surface area (Å²) >= 11 is 0. The van der Waals surface area contributed by atoms with Crippen LogP contribution in [0.15, 0.2) is 18.2 Å². The number of fused-ring (bicyclic) bond motifs is 1. The molecule has 25 heavy (non-hydrogen) atoms. The zero-order valence-corrected chi connectivity index (χ0v) is 14.1. The zero-order chi connectivity index (χ0) is 19.0. The van der Waals surface area contributed by atoms with Gasteiger partial charge in [0.25, 0.3) is 0 Å². The van der Waals surface area contributed by atoms with Gasteiger partial charge in [-0.05, 0) is 11.6 Å². The van der Waals surface area contributed by atoms with Gasteiger partial charge in [-0.15, -0.1) is 0 Å². The second-order valence-corrected chi connectivity index (χ2v) is 5.45. The van der Waals surface area contributed by atoms with Crippen LogP contribution in [0.3, 0.4) is 0 Å². The van der Waals surface area contributed by atoms with Crippen LogP contribution in [-0.2, 0) is 28.7 Å². The third kappa shape index (κ3) is 5.12. The monoisotopic (exact) mass is 354 g/mol. The Labute approximate surface area is 144 Å². The molecule has 0 saturated carbocycles. The molecule has 8 heteroatoms. The van der Waals surface area contributed by atoms with Gasteiger partial charge < -0.3 is 14.2 Å². The molecule has 1 aliphatic heterocycles. The van der Waals surface area contributed by atoms with E-state index >= 15 is 0 Å². The Balaban J connectivity index is 0.000000970. The van der Waals surface area contributed by atoms with E-state index in [0.717, 1.165) is 0 Å². The fourth-order valence-electron chi connectivity index (χ4n) is 2.96. The Morgan fingerprint density at radius 3 is 2.52 bits per heavy atom. The van der Waals surface area contributed by atoms with Crippen molar-refractivity contribution in [3.05, 3.63) is 29.6 Å². The molecular weight excluding hydrogens is 335 g/mol. The maximum atomic E-state index is 13.4. The second-order valence-electron chi connectivity index (χ2n) is 5.45. The SMILES string of the molecule is COC(=O)CC1COc2cc(F)ccc2C1C(C)C(=O)OC.O=C=O. The normalized spacial score (nSPS) is 19.0. The van der Waals surface area contributed by atoms with E-state index in [9.17, 15) is 14.0 Å². The van der Waals surface area contributed by atoms with Crippen molar-refractivity contribution < 1.29 is 37.8 Å². The van der Waals surface area contributed by atoms with Gasteiger partial charge in [0.2, 0.25) is 0 Å². The van der Waals surface area contributed by atoms with E-state index in [1.165, 1.54) is 26.4 Å². The lowest BCUT2D eigenvalue weighted by molar-refractivity contribution is -0.191. The summed E-state index contributed by atoms with van der Waals surface area (Å²) in [6.45, 7) is 1.96. The quantitative estimate of drug-likeness (QED) is 0.759. The fraction of sp³-hybridized carbons (Fsp3) is 0.471. The molecule has 0 aromatic heterocycles. The summed E-state index contributed by atoms with van der Waals surface area (Å²) in [6, 6.07) is 4.21. The summed E-state index contributed by atoms with van der Waals surface area (Å²) in [5, 5.41) is 0. The molecule has 1 heterocycles. The lowest BCUT2D eigenvalue weighted by atomic mass is 9.74. The molecular formula is C17H19FO7. The number of hydrogen-bond acceptors (Lipinski definition) is 7. The highest BCUT2D eigenvalue weighted by molar-refractivity contribution is 5.74. The summed E-state index contributed by atoms with van der Waals surface area (Å²) in [5.41, 5.74) is 0.708. The number of rotatable bonds is 4. The number of methoxy groups -OCH3 is 2. The highest BCUT2D eigenvalue weighted by Crippen LogP contribution is 2.43. The van der Waals surface area contributed by atoms with Crippen molar-refractivity contribution in [1.82, 2.24) is 0 Å². The summed E-state index contributed by atoms with van der Waals surface area (Å²) in [4.78, 5) is 39.8. The molecule has 1 aromatic rings. The van der Waals surface area contributed by atoms with Gasteiger partial charge in [-0.2, -0.15) is 9.59 Å². The summed E-state index contributed by atoms with van der Waals surface area (Å²) in [5.74, 6) is -1.77. The topological polar surface area (TPSA) is 96.0 Å². The molecule has 0 radical (unpaired) electrons. The molecule has 2 rings (SSSR count). The first-order chi connectivity index (χ1) is 11.9. The van der Waals surface area contributed by atoms with Gasteiger partial charge in [-0.1, -0.05) is 13.0 Å². The Bertz CT molecular complexity index is 652. The average molecular weight is 354 g/mol. The van der Waals surface area contributed by atoms with E-state index in [-0.39, 0.29) is 43.0 Å². The minimum atomic E-state index is -0.479. The standard InChI is InChI=1S/C16H19FO5.CO2/c1-9(16(19)21-3)15-10(6-14(18)20-2)8-22-13-7-11(17)4-5-12(13)15;2-1-3/h4-5,7,9-10,15H,6,8H2,1-3H3;. The van der Waals surface area contributed by atoms with Crippen LogP contribution in [0.4, 0.5) is 4.39 Å². The molecule has 3 unspecified atom stereocenters. The van der Waals surface area contributed by atoms with Gasteiger partial charge in [-0.25, -0.2) is 4.39 Å². The van der Waals surface area contributed by atoms with Crippen LogP contribution in [0.25, 0.3) is 0 Å². The first kappa shape index (κ1) is 20.3. The highest BCUT2D eigenvalue weighted by atomic mass is 19.1. The Morgan fingerprint density at radius 1 is 1.32 bits per heavy atom. The van der Waals surface area contributed by atoms with Crippen LogP contribution in [0.5, 0.6) is 5.75 Å². The minimum Gasteiger partial charge on any atom is -0.493 e. The number of halogens is 1. The van der Waals surface area contributed by atoms with Crippen molar-refractivity contribution in [2.45, 2.75) is 19.3 Å². The Hall–Kier alpha value is -2.73. The second kappa shape index (κ2) is 9.54. The Morgan fingerprint density at radius 2 is 1.96 bits per heavy atom. The van der Waals surface area contributed by atoms with E-state index < -0.39 is 11.7 Å². The highest BCUT2D eigenvalue weighted by Gasteiger charge is 2.39. The van der Waals surface area contributed by atoms with Crippen molar-refractivity contribution in [1.29, 1.82) is 0 Å². The minimum absolute atomic E-state index is 0.124. The average Bonchev–Trinajstić information content (AvgIpc) is 2.60. The first-order valence-corrected chi connectivity index (χ1v) is 7.45. The molecule has 0 aliphatic carbocycles. The molecule has 0 fully saturated rings. The Kier molecular flexibility index (Phi) is 7.75.